The summed E-state index contributed by atoms with van der Waals surface area (Å²) < 4.78 is 0. The number of fused-ring (bicyclic) bond motifs is 1. The Labute approximate surface area is 177 Å². The van der Waals surface area contributed by atoms with E-state index in [1.54, 1.807) is 36.7 Å². The van der Waals surface area contributed by atoms with Gasteiger partial charge >= 0.3 is 0 Å². The van der Waals surface area contributed by atoms with Gasteiger partial charge in [0.1, 0.15) is 11.0 Å². The normalized spacial score (nSPS) is 14.2. The zero-order valence-corrected chi connectivity index (χ0v) is 17.3. The molecule has 0 aliphatic carbocycles. The maximum atomic E-state index is 13.0. The number of carbonyl (C=O) groups excluding carboxylic acids is 3. The highest BCUT2D eigenvalue weighted by Crippen LogP contribution is 2.27. The van der Waals surface area contributed by atoms with Crippen molar-refractivity contribution in [2.24, 2.45) is 5.92 Å². The van der Waals surface area contributed by atoms with Crippen LogP contribution in [0.25, 0.3) is 11.3 Å². The lowest BCUT2D eigenvalue weighted by Gasteiger charge is -2.28. The molecule has 1 aliphatic rings. The predicted molar refractivity (Wildman–Crippen MR) is 113 cm³/mol. The molecule has 0 radical (unpaired) electrons. The summed E-state index contributed by atoms with van der Waals surface area (Å²) in [6.45, 7) is 3.86. The van der Waals surface area contributed by atoms with Crippen LogP contribution in [0.1, 0.15) is 39.6 Å². The van der Waals surface area contributed by atoms with Crippen molar-refractivity contribution in [1.82, 2.24) is 20.2 Å². The minimum absolute atomic E-state index is 0.223. The van der Waals surface area contributed by atoms with Crippen LogP contribution in [-0.4, -0.2) is 38.6 Å². The minimum atomic E-state index is -0.892. The maximum absolute atomic E-state index is 13.0. The second-order valence-corrected chi connectivity index (χ2v) is 8.24. The topological polar surface area (TPSA) is 92.3 Å². The van der Waals surface area contributed by atoms with Crippen molar-refractivity contribution in [3.8, 4) is 11.3 Å². The first-order chi connectivity index (χ1) is 14.5. The van der Waals surface area contributed by atoms with Crippen LogP contribution in [0.5, 0.6) is 0 Å². The van der Waals surface area contributed by atoms with Gasteiger partial charge in [0, 0.05) is 23.3 Å². The summed E-state index contributed by atoms with van der Waals surface area (Å²) >= 11 is 1.44. The number of thiazole rings is 1. The van der Waals surface area contributed by atoms with Gasteiger partial charge in [0.05, 0.1) is 23.4 Å². The highest BCUT2D eigenvalue weighted by atomic mass is 32.1. The molecule has 0 saturated carbocycles. The van der Waals surface area contributed by atoms with Gasteiger partial charge in [-0.25, -0.2) is 4.98 Å². The van der Waals surface area contributed by atoms with E-state index in [1.165, 1.54) is 11.3 Å². The van der Waals surface area contributed by atoms with Gasteiger partial charge in [-0.15, -0.1) is 11.3 Å². The number of carbonyl (C=O) groups is 3. The van der Waals surface area contributed by atoms with E-state index in [0.29, 0.717) is 11.1 Å². The lowest BCUT2D eigenvalue weighted by Crippen LogP contribution is -2.52. The molecular weight excluding hydrogens is 400 g/mol. The van der Waals surface area contributed by atoms with Gasteiger partial charge < -0.3 is 5.32 Å². The van der Waals surface area contributed by atoms with E-state index >= 15 is 0 Å². The van der Waals surface area contributed by atoms with Crippen LogP contribution in [0, 0.1) is 5.92 Å². The Kier molecular flexibility index (Phi) is 5.41. The third-order valence-corrected chi connectivity index (χ3v) is 5.79. The van der Waals surface area contributed by atoms with Crippen LogP contribution in [-0.2, 0) is 11.3 Å². The first-order valence-corrected chi connectivity index (χ1v) is 10.4. The van der Waals surface area contributed by atoms with E-state index in [2.05, 4.69) is 15.3 Å². The molecule has 2 aromatic heterocycles. The Morgan fingerprint density at radius 2 is 1.70 bits per heavy atom. The van der Waals surface area contributed by atoms with Gasteiger partial charge in [0.2, 0.25) is 5.91 Å². The van der Waals surface area contributed by atoms with Gasteiger partial charge in [-0.3, -0.25) is 24.3 Å². The van der Waals surface area contributed by atoms with Gasteiger partial charge in [-0.2, -0.15) is 0 Å². The number of benzene rings is 1. The SMILES string of the molecule is CC(C)C(C(=O)NCc1nc(-c2ccncc2)cs1)N1C(=O)c2ccccc2C1=O. The molecule has 0 spiro atoms. The van der Waals surface area contributed by atoms with Crippen molar-refractivity contribution < 1.29 is 14.4 Å². The number of pyridine rings is 1. The Bertz CT molecular complexity index is 1080. The monoisotopic (exact) mass is 420 g/mol. The van der Waals surface area contributed by atoms with Crippen molar-refractivity contribution in [3.63, 3.8) is 0 Å². The van der Waals surface area contributed by atoms with E-state index in [4.69, 9.17) is 0 Å². The van der Waals surface area contributed by atoms with Crippen LogP contribution in [0.15, 0.2) is 54.2 Å². The lowest BCUT2D eigenvalue weighted by atomic mass is 10.0. The first-order valence-electron chi connectivity index (χ1n) is 9.57. The third-order valence-electron chi connectivity index (χ3n) is 4.95. The second-order valence-electron chi connectivity index (χ2n) is 7.29. The number of rotatable bonds is 6. The fourth-order valence-electron chi connectivity index (χ4n) is 3.49. The first kappa shape index (κ1) is 19.9. The van der Waals surface area contributed by atoms with Crippen LogP contribution >= 0.6 is 11.3 Å². The predicted octanol–water partition coefficient (Wildman–Crippen LogP) is 3.14. The number of nitrogens with zero attached hydrogens (tertiary/aromatic N) is 3. The molecule has 3 aromatic rings. The molecule has 7 nitrogen and oxygen atoms in total. The summed E-state index contributed by atoms with van der Waals surface area (Å²) in [7, 11) is 0. The van der Waals surface area contributed by atoms with E-state index in [1.807, 2.05) is 31.4 Å². The largest absolute Gasteiger partial charge is 0.348 e. The van der Waals surface area contributed by atoms with E-state index in [0.717, 1.165) is 21.2 Å². The molecule has 0 fully saturated rings. The van der Waals surface area contributed by atoms with Gasteiger partial charge in [-0.1, -0.05) is 26.0 Å². The number of nitrogens with one attached hydrogen (secondary N) is 1. The van der Waals surface area contributed by atoms with Crippen molar-refractivity contribution >= 4 is 29.1 Å². The lowest BCUT2D eigenvalue weighted by molar-refractivity contribution is -0.126. The fourth-order valence-corrected chi connectivity index (χ4v) is 4.24. The highest BCUT2D eigenvalue weighted by Gasteiger charge is 2.43. The number of imide groups is 1. The zero-order chi connectivity index (χ0) is 21.3. The highest BCUT2D eigenvalue weighted by molar-refractivity contribution is 7.09. The van der Waals surface area contributed by atoms with Gasteiger partial charge in [-0.05, 0) is 30.2 Å². The summed E-state index contributed by atoms with van der Waals surface area (Å²) in [5.74, 6) is -1.48. The Morgan fingerprint density at radius 1 is 1.07 bits per heavy atom. The molecule has 1 N–H and O–H groups in total. The van der Waals surface area contributed by atoms with Crippen LogP contribution in [0.4, 0.5) is 0 Å². The summed E-state index contributed by atoms with van der Waals surface area (Å²) in [6, 6.07) is 9.49. The molecule has 0 saturated heterocycles. The van der Waals surface area contributed by atoms with Crippen LogP contribution in [0.3, 0.4) is 0 Å². The summed E-state index contributed by atoms with van der Waals surface area (Å²) in [6.07, 6.45) is 3.40. The number of aromatic nitrogens is 2. The molecule has 3 heterocycles. The van der Waals surface area contributed by atoms with Crippen LogP contribution < -0.4 is 5.32 Å². The van der Waals surface area contributed by atoms with E-state index < -0.39 is 17.9 Å². The summed E-state index contributed by atoms with van der Waals surface area (Å²) in [4.78, 5) is 48.2. The number of hydrogen-bond acceptors (Lipinski definition) is 6. The third kappa shape index (κ3) is 3.61. The summed E-state index contributed by atoms with van der Waals surface area (Å²) in [5.41, 5.74) is 2.43. The standard InChI is InChI=1S/C22H20N4O3S/c1-13(2)19(26-21(28)15-5-3-4-6-16(15)22(26)29)20(27)24-11-18-25-17(12-30-18)14-7-9-23-10-8-14/h3-10,12-13,19H,11H2,1-2H3,(H,24,27). The average Bonchev–Trinajstić information content (AvgIpc) is 3.32. The Hall–Kier alpha value is -3.39. The second kappa shape index (κ2) is 8.16. The smallest absolute Gasteiger partial charge is 0.262 e. The molecular formula is C22H20N4O3S. The molecule has 1 aliphatic heterocycles. The quantitative estimate of drug-likeness (QED) is 0.619. The van der Waals surface area contributed by atoms with Crippen molar-refractivity contribution in [2.45, 2.75) is 26.4 Å². The molecule has 1 unspecified atom stereocenters. The molecule has 30 heavy (non-hydrogen) atoms. The molecule has 1 atom stereocenters. The molecule has 152 valence electrons. The van der Waals surface area contributed by atoms with Gasteiger partial charge in [0.15, 0.2) is 0 Å². The van der Waals surface area contributed by atoms with Crippen molar-refractivity contribution in [2.75, 3.05) is 0 Å². The molecule has 3 amide bonds. The average molecular weight is 420 g/mol. The van der Waals surface area contributed by atoms with Crippen molar-refractivity contribution in [1.29, 1.82) is 0 Å². The van der Waals surface area contributed by atoms with Crippen LogP contribution in [0.2, 0.25) is 0 Å². The Balaban J connectivity index is 1.49. The van der Waals surface area contributed by atoms with E-state index in [-0.39, 0.29) is 18.4 Å². The summed E-state index contributed by atoms with van der Waals surface area (Å²) in [5, 5.41) is 5.49. The van der Waals surface area contributed by atoms with E-state index in [9.17, 15) is 14.4 Å². The fraction of sp³-hybridized carbons (Fsp3) is 0.227. The zero-order valence-electron chi connectivity index (χ0n) is 16.5. The minimum Gasteiger partial charge on any atom is -0.348 e. The van der Waals surface area contributed by atoms with Crippen molar-refractivity contribution in [3.05, 3.63) is 70.3 Å². The molecule has 0 bridgehead atoms. The maximum Gasteiger partial charge on any atom is 0.262 e. The molecule has 4 rings (SSSR count). The number of hydrogen-bond donors (Lipinski definition) is 1. The van der Waals surface area contributed by atoms with Gasteiger partial charge in [0.25, 0.3) is 11.8 Å². The molecule has 1 aromatic carbocycles. The number of amides is 3. The molecule has 8 heteroatoms. The Morgan fingerprint density at radius 3 is 2.30 bits per heavy atom.